The molecule has 152 valence electrons. The second-order valence-corrected chi connectivity index (χ2v) is 7.12. The van der Waals surface area contributed by atoms with Crippen molar-refractivity contribution in [3.05, 3.63) is 29.8 Å². The average molecular weight is 412 g/mol. The van der Waals surface area contributed by atoms with Gasteiger partial charge in [-0.25, -0.2) is 19.5 Å². The first-order chi connectivity index (χ1) is 13.5. The Labute approximate surface area is 159 Å². The number of nitriles is 1. The molecule has 9 nitrogen and oxygen atoms in total. The molecule has 4 rings (SSSR count). The van der Waals surface area contributed by atoms with Crippen LogP contribution in [0.2, 0.25) is 0 Å². The maximum Gasteiger partial charge on any atom is 0.428 e. The number of anilines is 1. The SMILES string of the molecule is N#Cc1ccc(N2C[C@]3(C(=O)N(N)C(=O)O)C[C@]3(C(F)(F)F)C2)c2c(F)cnn12. The van der Waals surface area contributed by atoms with Crippen LogP contribution >= 0.6 is 0 Å². The number of nitrogens with two attached hydrogens (primary N) is 1. The summed E-state index contributed by atoms with van der Waals surface area (Å²) in [4.78, 5) is 24.7. The Morgan fingerprint density at radius 2 is 2.03 bits per heavy atom. The average Bonchev–Trinajstić information content (AvgIpc) is 2.97. The van der Waals surface area contributed by atoms with Crippen molar-refractivity contribution in [1.82, 2.24) is 14.6 Å². The number of carbonyl (C=O) groups excluding carboxylic acids is 1. The van der Waals surface area contributed by atoms with Gasteiger partial charge in [0.1, 0.15) is 22.7 Å². The lowest BCUT2D eigenvalue weighted by Gasteiger charge is -2.25. The zero-order valence-electron chi connectivity index (χ0n) is 14.4. The summed E-state index contributed by atoms with van der Waals surface area (Å²) in [5, 5.41) is 21.5. The van der Waals surface area contributed by atoms with Gasteiger partial charge in [-0.15, -0.1) is 0 Å². The molecule has 2 atom stereocenters. The number of imide groups is 1. The van der Waals surface area contributed by atoms with E-state index in [1.165, 1.54) is 12.1 Å². The van der Waals surface area contributed by atoms with E-state index in [1.807, 2.05) is 0 Å². The molecule has 1 aliphatic heterocycles. The Kier molecular flexibility index (Phi) is 3.64. The minimum absolute atomic E-state index is 0.000830. The Hall–Kier alpha value is -3.40. The van der Waals surface area contributed by atoms with Crippen LogP contribution in [0.5, 0.6) is 0 Å². The van der Waals surface area contributed by atoms with E-state index < -0.39 is 54.3 Å². The van der Waals surface area contributed by atoms with E-state index >= 15 is 0 Å². The number of carbonyl (C=O) groups is 2. The van der Waals surface area contributed by atoms with Crippen LogP contribution in [-0.4, -0.2) is 51.0 Å². The number of alkyl halides is 3. The van der Waals surface area contributed by atoms with Crippen LogP contribution in [0, 0.1) is 28.0 Å². The van der Waals surface area contributed by atoms with E-state index in [0.29, 0.717) is 0 Å². The van der Waals surface area contributed by atoms with Gasteiger partial charge in [0.2, 0.25) is 0 Å². The minimum Gasteiger partial charge on any atom is -0.464 e. The van der Waals surface area contributed by atoms with Gasteiger partial charge in [0, 0.05) is 13.1 Å². The number of rotatable bonds is 2. The molecule has 0 bridgehead atoms. The number of fused-ring (bicyclic) bond motifs is 2. The summed E-state index contributed by atoms with van der Waals surface area (Å²) in [6, 6.07) is 4.33. The minimum atomic E-state index is -4.82. The summed E-state index contributed by atoms with van der Waals surface area (Å²) in [6.45, 7) is -1.21. The molecule has 1 saturated heterocycles. The Morgan fingerprint density at radius 1 is 1.34 bits per heavy atom. The highest BCUT2D eigenvalue weighted by atomic mass is 19.4. The van der Waals surface area contributed by atoms with Crippen molar-refractivity contribution < 1.29 is 32.3 Å². The highest BCUT2D eigenvalue weighted by Gasteiger charge is 2.87. The van der Waals surface area contributed by atoms with Gasteiger partial charge in [-0.05, 0) is 18.6 Å². The predicted octanol–water partition coefficient (Wildman–Crippen LogP) is 1.48. The number of hydrogen-bond acceptors (Lipinski definition) is 6. The second kappa shape index (κ2) is 5.57. The zero-order valence-corrected chi connectivity index (χ0v) is 14.4. The number of amides is 2. The third kappa shape index (κ3) is 2.26. The molecule has 0 radical (unpaired) electrons. The molecular weight excluding hydrogens is 400 g/mol. The third-order valence-corrected chi connectivity index (χ3v) is 5.74. The fraction of sp³-hybridized carbons (Fsp3) is 0.375. The number of aromatic nitrogens is 2. The number of carboxylic acid groups (broad SMARTS) is 1. The summed E-state index contributed by atoms with van der Waals surface area (Å²) >= 11 is 0. The van der Waals surface area contributed by atoms with E-state index in [0.717, 1.165) is 15.6 Å². The van der Waals surface area contributed by atoms with E-state index in [-0.39, 0.29) is 21.9 Å². The molecule has 2 aromatic heterocycles. The number of halogens is 4. The molecule has 2 amide bonds. The Balaban J connectivity index is 1.81. The molecule has 0 aromatic carbocycles. The van der Waals surface area contributed by atoms with Gasteiger partial charge in [0.05, 0.1) is 17.3 Å². The number of hydrazine groups is 1. The van der Waals surface area contributed by atoms with E-state index in [1.54, 1.807) is 6.07 Å². The summed E-state index contributed by atoms with van der Waals surface area (Å²) in [5.74, 6) is 2.93. The van der Waals surface area contributed by atoms with Gasteiger partial charge in [-0.3, -0.25) is 4.79 Å². The molecule has 0 spiro atoms. The van der Waals surface area contributed by atoms with Crippen molar-refractivity contribution in [2.45, 2.75) is 12.6 Å². The summed E-state index contributed by atoms with van der Waals surface area (Å²) in [7, 11) is 0. The monoisotopic (exact) mass is 412 g/mol. The van der Waals surface area contributed by atoms with Gasteiger partial charge < -0.3 is 10.0 Å². The van der Waals surface area contributed by atoms with Crippen molar-refractivity contribution >= 4 is 23.2 Å². The molecule has 0 unspecified atom stereocenters. The molecule has 2 aromatic rings. The maximum absolute atomic E-state index is 14.3. The first kappa shape index (κ1) is 18.9. The van der Waals surface area contributed by atoms with E-state index in [2.05, 4.69) is 5.10 Å². The molecule has 29 heavy (non-hydrogen) atoms. The third-order valence-electron chi connectivity index (χ3n) is 5.74. The topological polar surface area (TPSA) is 128 Å². The van der Waals surface area contributed by atoms with Crippen LogP contribution < -0.4 is 10.7 Å². The predicted molar refractivity (Wildman–Crippen MR) is 86.7 cm³/mol. The number of pyridine rings is 1. The highest BCUT2D eigenvalue weighted by molar-refractivity contribution is 5.98. The fourth-order valence-corrected chi connectivity index (χ4v) is 4.28. The van der Waals surface area contributed by atoms with Crippen LogP contribution in [-0.2, 0) is 4.79 Å². The summed E-state index contributed by atoms with van der Waals surface area (Å²) in [5.41, 5.74) is -4.85. The van der Waals surface area contributed by atoms with Crippen molar-refractivity contribution in [2.24, 2.45) is 16.7 Å². The fourth-order valence-electron chi connectivity index (χ4n) is 4.28. The lowest BCUT2D eigenvalue weighted by atomic mass is 9.94. The van der Waals surface area contributed by atoms with Crippen molar-refractivity contribution in [3.63, 3.8) is 0 Å². The first-order valence-corrected chi connectivity index (χ1v) is 8.19. The van der Waals surface area contributed by atoms with Crippen LogP contribution in [0.15, 0.2) is 18.3 Å². The van der Waals surface area contributed by atoms with Crippen LogP contribution in [0.1, 0.15) is 12.1 Å². The molecule has 2 fully saturated rings. The second-order valence-electron chi connectivity index (χ2n) is 7.12. The van der Waals surface area contributed by atoms with Gasteiger partial charge in [0.15, 0.2) is 5.82 Å². The lowest BCUT2D eigenvalue weighted by Crippen LogP contribution is -2.49. The van der Waals surface area contributed by atoms with E-state index in [4.69, 9.17) is 16.2 Å². The molecule has 1 aliphatic carbocycles. The van der Waals surface area contributed by atoms with Crippen molar-refractivity contribution in [3.8, 4) is 6.07 Å². The molecule has 3 heterocycles. The van der Waals surface area contributed by atoms with Gasteiger partial charge in [-0.2, -0.15) is 28.5 Å². The van der Waals surface area contributed by atoms with E-state index in [9.17, 15) is 27.2 Å². The first-order valence-electron chi connectivity index (χ1n) is 8.19. The molecule has 3 N–H and O–H groups in total. The van der Waals surface area contributed by atoms with Crippen molar-refractivity contribution in [2.75, 3.05) is 18.0 Å². The largest absolute Gasteiger partial charge is 0.464 e. The summed E-state index contributed by atoms with van der Waals surface area (Å²) in [6.07, 6.45) is -6.50. The van der Waals surface area contributed by atoms with Gasteiger partial charge in [0.25, 0.3) is 5.91 Å². The van der Waals surface area contributed by atoms with Crippen LogP contribution in [0.4, 0.5) is 28.0 Å². The number of nitrogens with zero attached hydrogens (tertiary/aromatic N) is 5. The lowest BCUT2D eigenvalue weighted by molar-refractivity contribution is -0.193. The number of hydrogen-bond donors (Lipinski definition) is 2. The zero-order chi connectivity index (χ0) is 21.4. The van der Waals surface area contributed by atoms with Crippen LogP contribution in [0.3, 0.4) is 0 Å². The quantitative estimate of drug-likeness (QED) is 0.331. The normalized spacial score (nSPS) is 25.6. The number of piperidine rings is 1. The smallest absolute Gasteiger partial charge is 0.428 e. The maximum atomic E-state index is 14.3. The van der Waals surface area contributed by atoms with Crippen molar-refractivity contribution in [1.29, 1.82) is 5.26 Å². The standard InChI is InChI=1S/C16H12F4N6O3/c17-9-4-23-26-8(3-21)1-2-10(11(9)26)24-6-14(12(27)25(22)13(28)29)5-15(14,7-24)16(18,19)20/h1-2,4H,5-7,22H2,(H,28,29)/t14-,15-/m0/s1. The van der Waals surface area contributed by atoms with Gasteiger partial charge >= 0.3 is 12.3 Å². The van der Waals surface area contributed by atoms with Gasteiger partial charge in [-0.1, -0.05) is 0 Å². The van der Waals surface area contributed by atoms with Crippen LogP contribution in [0.25, 0.3) is 5.52 Å². The molecular formula is C16H12F4N6O3. The summed E-state index contributed by atoms with van der Waals surface area (Å²) < 4.78 is 56.9. The molecule has 13 heteroatoms. The highest BCUT2D eigenvalue weighted by Crippen LogP contribution is 2.75. The molecule has 2 aliphatic rings. The molecule has 1 saturated carbocycles. The Bertz CT molecular complexity index is 1110. The Morgan fingerprint density at radius 3 is 2.62 bits per heavy atom.